The Hall–Kier alpha value is -2.00. The second-order valence-electron chi connectivity index (χ2n) is 10.6. The lowest BCUT2D eigenvalue weighted by Crippen LogP contribution is -2.58. The first-order chi connectivity index (χ1) is 17.0. The Morgan fingerprint density at radius 1 is 1.03 bits per heavy atom. The lowest BCUT2D eigenvalue weighted by molar-refractivity contribution is -0.131. The van der Waals surface area contributed by atoms with Gasteiger partial charge in [0.2, 0.25) is 11.8 Å². The van der Waals surface area contributed by atoms with E-state index in [1.54, 1.807) is 0 Å². The van der Waals surface area contributed by atoms with Crippen LogP contribution in [-0.4, -0.2) is 92.2 Å². The summed E-state index contributed by atoms with van der Waals surface area (Å²) in [6.45, 7) is 8.60. The van der Waals surface area contributed by atoms with Crippen LogP contribution in [0.15, 0.2) is 30.3 Å². The molecule has 8 heteroatoms. The Balaban J connectivity index is 1.22. The second kappa shape index (κ2) is 12.8. The summed E-state index contributed by atoms with van der Waals surface area (Å²) in [5.74, 6) is 0.428. The average molecular weight is 486 g/mol. The lowest BCUT2D eigenvalue weighted by Gasteiger charge is -2.37. The predicted octanol–water partition coefficient (Wildman–Crippen LogP) is 1.15. The molecule has 2 amide bonds. The fourth-order valence-electron chi connectivity index (χ4n) is 5.54. The number of amides is 2. The second-order valence-corrected chi connectivity index (χ2v) is 10.6. The minimum Gasteiger partial charge on any atom is -0.381 e. The van der Waals surface area contributed by atoms with Crippen molar-refractivity contribution in [2.24, 2.45) is 11.7 Å². The van der Waals surface area contributed by atoms with Gasteiger partial charge in [-0.15, -0.1) is 0 Å². The maximum absolute atomic E-state index is 13.1. The highest BCUT2D eigenvalue weighted by molar-refractivity contribution is 5.92. The SMILES string of the molecule is NC1(C(=O)N[C@H](Cc2ccccc2)C(=O)NCCN2CCN(CC3CCOCC3)CC2)CCCC1. The highest BCUT2D eigenvalue weighted by Crippen LogP contribution is 2.27. The van der Waals surface area contributed by atoms with E-state index in [4.69, 9.17) is 10.5 Å². The summed E-state index contributed by atoms with van der Waals surface area (Å²) < 4.78 is 5.48. The molecule has 4 rings (SSSR count). The third-order valence-electron chi connectivity index (χ3n) is 7.90. The number of ether oxygens (including phenoxy) is 1. The third kappa shape index (κ3) is 7.74. The van der Waals surface area contributed by atoms with Crippen LogP contribution >= 0.6 is 0 Å². The molecule has 1 aromatic rings. The van der Waals surface area contributed by atoms with E-state index in [1.807, 2.05) is 30.3 Å². The minimum absolute atomic E-state index is 0.137. The van der Waals surface area contributed by atoms with Crippen molar-refractivity contribution in [2.75, 3.05) is 59.0 Å². The Bertz CT molecular complexity index is 800. The van der Waals surface area contributed by atoms with E-state index in [-0.39, 0.29) is 11.8 Å². The number of benzene rings is 1. The number of rotatable bonds is 10. The van der Waals surface area contributed by atoms with Crippen LogP contribution in [0, 0.1) is 5.92 Å². The third-order valence-corrected chi connectivity index (χ3v) is 7.90. The number of nitrogens with two attached hydrogens (primary N) is 1. The number of hydrogen-bond acceptors (Lipinski definition) is 6. The molecule has 2 aliphatic heterocycles. The van der Waals surface area contributed by atoms with Gasteiger partial charge in [0.1, 0.15) is 6.04 Å². The number of nitrogens with zero attached hydrogens (tertiary/aromatic N) is 2. The molecule has 0 bridgehead atoms. The standard InChI is InChI=1S/C27H43N5O3/c28-27(10-4-5-11-27)26(34)30-24(20-22-6-2-1-3-7-22)25(33)29-12-13-31-14-16-32(17-15-31)21-23-8-18-35-19-9-23/h1-3,6-7,23-24H,4-5,8-21,28H2,(H,29,33)(H,30,34)/t24-/m1/s1. The van der Waals surface area contributed by atoms with Crippen LogP contribution in [0.25, 0.3) is 0 Å². The summed E-state index contributed by atoms with van der Waals surface area (Å²) in [5, 5.41) is 6.05. The molecule has 1 aliphatic carbocycles. The molecule has 2 saturated heterocycles. The van der Waals surface area contributed by atoms with E-state index >= 15 is 0 Å². The van der Waals surface area contributed by atoms with E-state index in [9.17, 15) is 9.59 Å². The Kier molecular flexibility index (Phi) is 9.54. The zero-order valence-corrected chi connectivity index (χ0v) is 21.1. The highest BCUT2D eigenvalue weighted by atomic mass is 16.5. The first-order valence-corrected chi connectivity index (χ1v) is 13.5. The Labute approximate surface area is 209 Å². The molecule has 0 radical (unpaired) electrons. The van der Waals surface area contributed by atoms with Crippen molar-refractivity contribution in [2.45, 2.75) is 56.5 Å². The molecule has 2 heterocycles. The van der Waals surface area contributed by atoms with Crippen LogP contribution in [0.2, 0.25) is 0 Å². The van der Waals surface area contributed by atoms with E-state index in [2.05, 4.69) is 20.4 Å². The normalized spacial score (nSPS) is 22.5. The van der Waals surface area contributed by atoms with Crippen LogP contribution in [-0.2, 0) is 20.7 Å². The number of piperazine rings is 1. The average Bonchev–Trinajstić information content (AvgIpc) is 3.34. The quantitative estimate of drug-likeness (QED) is 0.460. The molecule has 1 aromatic carbocycles. The van der Waals surface area contributed by atoms with E-state index < -0.39 is 11.6 Å². The highest BCUT2D eigenvalue weighted by Gasteiger charge is 2.38. The summed E-state index contributed by atoms with van der Waals surface area (Å²) >= 11 is 0. The molecular weight excluding hydrogens is 442 g/mol. The minimum atomic E-state index is -0.848. The molecule has 194 valence electrons. The zero-order chi connectivity index (χ0) is 24.5. The summed E-state index contributed by atoms with van der Waals surface area (Å²) in [6.07, 6.45) is 6.09. The van der Waals surface area contributed by atoms with Crippen LogP contribution in [0.3, 0.4) is 0 Å². The summed E-state index contributed by atoms with van der Waals surface area (Å²) in [7, 11) is 0. The molecule has 35 heavy (non-hydrogen) atoms. The first-order valence-electron chi connectivity index (χ1n) is 13.5. The van der Waals surface area contributed by atoms with E-state index in [0.717, 1.165) is 70.3 Å². The Morgan fingerprint density at radius 3 is 2.37 bits per heavy atom. The smallest absolute Gasteiger partial charge is 0.242 e. The fraction of sp³-hybridized carbons (Fsp3) is 0.704. The van der Waals surface area contributed by atoms with Gasteiger partial charge in [0.15, 0.2) is 0 Å². The van der Waals surface area contributed by atoms with Gasteiger partial charge < -0.3 is 26.0 Å². The first kappa shape index (κ1) is 26.1. The monoisotopic (exact) mass is 485 g/mol. The van der Waals surface area contributed by atoms with Gasteiger partial charge >= 0.3 is 0 Å². The summed E-state index contributed by atoms with van der Waals surface area (Å²) in [4.78, 5) is 31.0. The number of hydrogen-bond donors (Lipinski definition) is 3. The predicted molar refractivity (Wildman–Crippen MR) is 137 cm³/mol. The van der Waals surface area contributed by atoms with E-state index in [0.29, 0.717) is 25.8 Å². The molecule has 1 saturated carbocycles. The zero-order valence-electron chi connectivity index (χ0n) is 21.1. The van der Waals surface area contributed by atoms with Crippen molar-refractivity contribution in [3.05, 3.63) is 35.9 Å². The van der Waals surface area contributed by atoms with Gasteiger partial charge in [0.05, 0.1) is 5.54 Å². The molecule has 0 aromatic heterocycles. The number of carbonyl (C=O) groups is 2. The van der Waals surface area contributed by atoms with Crippen molar-refractivity contribution in [1.29, 1.82) is 0 Å². The topological polar surface area (TPSA) is 99.9 Å². The molecule has 8 nitrogen and oxygen atoms in total. The molecule has 4 N–H and O–H groups in total. The van der Waals surface area contributed by atoms with Gasteiger partial charge in [-0.05, 0) is 37.2 Å². The van der Waals surface area contributed by atoms with Crippen LogP contribution < -0.4 is 16.4 Å². The van der Waals surface area contributed by atoms with Gasteiger partial charge in [-0.2, -0.15) is 0 Å². The van der Waals surface area contributed by atoms with Gasteiger partial charge in [0.25, 0.3) is 0 Å². The maximum Gasteiger partial charge on any atom is 0.242 e. The van der Waals surface area contributed by atoms with Crippen molar-refractivity contribution in [1.82, 2.24) is 20.4 Å². The molecular formula is C27H43N5O3. The maximum atomic E-state index is 13.1. The van der Waals surface area contributed by atoms with Crippen molar-refractivity contribution in [3.8, 4) is 0 Å². The van der Waals surface area contributed by atoms with Gasteiger partial charge in [0, 0.05) is 65.4 Å². The number of nitrogens with one attached hydrogen (secondary N) is 2. The summed E-state index contributed by atoms with van der Waals surface area (Å²) in [6, 6.07) is 9.21. The largest absolute Gasteiger partial charge is 0.381 e. The van der Waals surface area contributed by atoms with Crippen molar-refractivity contribution >= 4 is 11.8 Å². The molecule has 0 spiro atoms. The van der Waals surface area contributed by atoms with Crippen LogP contribution in [0.1, 0.15) is 44.1 Å². The molecule has 3 aliphatic rings. The molecule has 0 unspecified atom stereocenters. The van der Waals surface area contributed by atoms with E-state index in [1.165, 1.54) is 19.4 Å². The van der Waals surface area contributed by atoms with Gasteiger partial charge in [-0.25, -0.2) is 0 Å². The number of carbonyl (C=O) groups excluding carboxylic acids is 2. The van der Waals surface area contributed by atoms with Crippen molar-refractivity contribution in [3.63, 3.8) is 0 Å². The molecule has 3 fully saturated rings. The van der Waals surface area contributed by atoms with Gasteiger partial charge in [-0.3, -0.25) is 14.5 Å². The summed E-state index contributed by atoms with van der Waals surface area (Å²) in [5.41, 5.74) is 6.52. The van der Waals surface area contributed by atoms with Crippen LogP contribution in [0.4, 0.5) is 0 Å². The lowest BCUT2D eigenvalue weighted by atomic mass is 9.96. The van der Waals surface area contributed by atoms with Crippen molar-refractivity contribution < 1.29 is 14.3 Å². The Morgan fingerprint density at radius 2 is 1.69 bits per heavy atom. The molecule has 1 atom stereocenters. The van der Waals surface area contributed by atoms with Gasteiger partial charge in [-0.1, -0.05) is 43.2 Å². The van der Waals surface area contributed by atoms with Crippen LogP contribution in [0.5, 0.6) is 0 Å². The fourth-order valence-corrected chi connectivity index (χ4v) is 5.54.